The van der Waals surface area contributed by atoms with Gasteiger partial charge >= 0.3 is 0 Å². The van der Waals surface area contributed by atoms with Gasteiger partial charge in [0, 0.05) is 10.7 Å². The molecular formula is C10H10BrN5O. The van der Waals surface area contributed by atoms with Gasteiger partial charge in [0.25, 0.3) is 5.91 Å². The highest BCUT2D eigenvalue weighted by molar-refractivity contribution is 9.10. The maximum absolute atomic E-state index is 11.9. The summed E-state index contributed by atoms with van der Waals surface area (Å²) in [5.74, 6) is 0.340. The number of rotatable bonds is 3. The van der Waals surface area contributed by atoms with E-state index >= 15 is 0 Å². The molecule has 7 heteroatoms. The third kappa shape index (κ3) is 2.68. The number of pyridine rings is 1. The van der Waals surface area contributed by atoms with Crippen molar-refractivity contribution in [3.8, 4) is 0 Å². The van der Waals surface area contributed by atoms with Crippen molar-refractivity contribution in [2.75, 3.05) is 0 Å². The number of carbonyl (C=O) groups is 1. The highest BCUT2D eigenvalue weighted by Gasteiger charge is 2.16. The Morgan fingerprint density at radius 3 is 3.00 bits per heavy atom. The molecule has 0 radical (unpaired) electrons. The number of H-pyrrole nitrogens is 1. The number of carbonyl (C=O) groups excluding carboxylic acids is 1. The molecule has 6 nitrogen and oxygen atoms in total. The minimum Gasteiger partial charge on any atom is -0.341 e. The zero-order valence-electron chi connectivity index (χ0n) is 9.01. The van der Waals surface area contributed by atoms with E-state index in [2.05, 4.69) is 41.4 Å². The summed E-state index contributed by atoms with van der Waals surface area (Å²) in [6, 6.07) is 3.26. The van der Waals surface area contributed by atoms with Crippen LogP contribution in [0.2, 0.25) is 0 Å². The lowest BCUT2D eigenvalue weighted by Gasteiger charge is -2.10. The zero-order valence-corrected chi connectivity index (χ0v) is 10.6. The Balaban J connectivity index is 2.10. The highest BCUT2D eigenvalue weighted by Crippen LogP contribution is 2.14. The summed E-state index contributed by atoms with van der Waals surface area (Å²) in [7, 11) is 0. The first-order valence-corrected chi connectivity index (χ1v) is 5.74. The van der Waals surface area contributed by atoms with Crippen LogP contribution in [0.15, 0.2) is 29.1 Å². The van der Waals surface area contributed by atoms with Crippen LogP contribution in [0.25, 0.3) is 0 Å². The summed E-state index contributed by atoms with van der Waals surface area (Å²) in [6.45, 7) is 1.81. The van der Waals surface area contributed by atoms with Gasteiger partial charge in [0.1, 0.15) is 17.8 Å². The molecule has 0 saturated heterocycles. The van der Waals surface area contributed by atoms with Crippen LogP contribution in [0.1, 0.15) is 29.3 Å². The van der Waals surface area contributed by atoms with E-state index < -0.39 is 0 Å². The van der Waals surface area contributed by atoms with Crippen molar-refractivity contribution in [1.82, 2.24) is 25.5 Å². The number of aromatic amines is 1. The smallest absolute Gasteiger partial charge is 0.271 e. The Morgan fingerprint density at radius 2 is 2.35 bits per heavy atom. The molecule has 0 spiro atoms. The summed E-state index contributed by atoms with van der Waals surface area (Å²) < 4.78 is 0.655. The molecule has 0 saturated carbocycles. The van der Waals surface area contributed by atoms with Crippen LogP contribution in [0.5, 0.6) is 0 Å². The van der Waals surface area contributed by atoms with Gasteiger partial charge in [-0.1, -0.05) is 0 Å². The first kappa shape index (κ1) is 11.7. The van der Waals surface area contributed by atoms with E-state index in [4.69, 9.17) is 0 Å². The monoisotopic (exact) mass is 295 g/mol. The Kier molecular flexibility index (Phi) is 3.48. The Bertz CT molecular complexity index is 513. The van der Waals surface area contributed by atoms with Crippen molar-refractivity contribution in [3.05, 3.63) is 40.6 Å². The second-order valence-corrected chi connectivity index (χ2v) is 4.25. The lowest BCUT2D eigenvalue weighted by Crippen LogP contribution is -2.28. The molecule has 1 atom stereocenters. The molecule has 2 rings (SSSR count). The number of nitrogens with zero attached hydrogens (tertiary/aromatic N) is 3. The molecule has 0 fully saturated rings. The quantitative estimate of drug-likeness (QED) is 0.898. The van der Waals surface area contributed by atoms with Gasteiger partial charge in [-0.3, -0.25) is 9.89 Å². The molecule has 2 N–H and O–H groups in total. The molecule has 0 bridgehead atoms. The van der Waals surface area contributed by atoms with Crippen molar-refractivity contribution in [2.45, 2.75) is 13.0 Å². The van der Waals surface area contributed by atoms with E-state index in [1.54, 1.807) is 18.3 Å². The van der Waals surface area contributed by atoms with Crippen molar-refractivity contribution in [3.63, 3.8) is 0 Å². The van der Waals surface area contributed by atoms with Crippen LogP contribution >= 0.6 is 15.9 Å². The van der Waals surface area contributed by atoms with Crippen LogP contribution in [0.3, 0.4) is 0 Å². The van der Waals surface area contributed by atoms with Gasteiger partial charge < -0.3 is 5.32 Å². The maximum atomic E-state index is 11.9. The predicted molar refractivity (Wildman–Crippen MR) is 64.2 cm³/mol. The van der Waals surface area contributed by atoms with E-state index in [0.29, 0.717) is 16.0 Å². The molecule has 88 valence electrons. The first-order valence-electron chi connectivity index (χ1n) is 4.95. The summed E-state index contributed by atoms with van der Waals surface area (Å²) in [5, 5.41) is 9.20. The van der Waals surface area contributed by atoms with Crippen LogP contribution in [0, 0.1) is 0 Å². The average molecular weight is 296 g/mol. The molecule has 1 unspecified atom stereocenters. The van der Waals surface area contributed by atoms with E-state index in [0.717, 1.165) is 0 Å². The molecule has 0 aliphatic rings. The maximum Gasteiger partial charge on any atom is 0.271 e. The second kappa shape index (κ2) is 5.05. The van der Waals surface area contributed by atoms with Crippen LogP contribution < -0.4 is 5.32 Å². The molecule has 17 heavy (non-hydrogen) atoms. The highest BCUT2D eigenvalue weighted by atomic mass is 79.9. The average Bonchev–Trinajstić information content (AvgIpc) is 2.82. The Hall–Kier alpha value is -1.76. The Morgan fingerprint density at radius 1 is 1.53 bits per heavy atom. The summed E-state index contributed by atoms with van der Waals surface area (Å²) in [4.78, 5) is 19.9. The second-order valence-electron chi connectivity index (χ2n) is 3.40. The van der Waals surface area contributed by atoms with Crippen LogP contribution in [-0.4, -0.2) is 26.1 Å². The van der Waals surface area contributed by atoms with E-state index in [9.17, 15) is 4.79 Å². The van der Waals surface area contributed by atoms with E-state index in [-0.39, 0.29) is 11.9 Å². The third-order valence-corrected chi connectivity index (χ3v) is 2.80. The van der Waals surface area contributed by atoms with Gasteiger partial charge in [-0.25, -0.2) is 9.97 Å². The van der Waals surface area contributed by atoms with Crippen molar-refractivity contribution >= 4 is 21.8 Å². The van der Waals surface area contributed by atoms with E-state index in [1.807, 2.05) is 6.92 Å². The molecule has 1 amide bonds. The third-order valence-electron chi connectivity index (χ3n) is 2.16. The summed E-state index contributed by atoms with van der Waals surface area (Å²) >= 11 is 3.28. The first-order chi connectivity index (χ1) is 8.18. The largest absolute Gasteiger partial charge is 0.341 e. The fourth-order valence-corrected chi connectivity index (χ4v) is 1.74. The Labute approximate surface area is 106 Å². The number of aromatic nitrogens is 4. The number of nitrogens with one attached hydrogen (secondary N) is 2. The number of hydrogen-bond acceptors (Lipinski definition) is 4. The summed E-state index contributed by atoms with van der Waals surface area (Å²) in [5.41, 5.74) is 0.346. The summed E-state index contributed by atoms with van der Waals surface area (Å²) in [6.07, 6.45) is 2.97. The minimum absolute atomic E-state index is 0.251. The standard InChI is InChI=1S/C10H10BrN5O/c1-6(9-13-5-14-16-9)15-10(17)8-7(11)3-2-4-12-8/h2-6H,1H3,(H,15,17)(H,13,14,16). The molecule has 0 aromatic carbocycles. The van der Waals surface area contributed by atoms with Gasteiger partial charge in [-0.2, -0.15) is 5.10 Å². The molecular weight excluding hydrogens is 286 g/mol. The van der Waals surface area contributed by atoms with Gasteiger partial charge in [0.05, 0.1) is 6.04 Å². The fraction of sp³-hybridized carbons (Fsp3) is 0.200. The molecule has 0 aliphatic heterocycles. The van der Waals surface area contributed by atoms with Crippen molar-refractivity contribution in [2.24, 2.45) is 0 Å². The lowest BCUT2D eigenvalue weighted by atomic mass is 10.3. The van der Waals surface area contributed by atoms with Gasteiger partial charge in [0.15, 0.2) is 0 Å². The predicted octanol–water partition coefficient (Wildman–Crippen LogP) is 1.45. The van der Waals surface area contributed by atoms with E-state index in [1.165, 1.54) is 6.33 Å². The number of halogens is 1. The fourth-order valence-electron chi connectivity index (χ4n) is 1.31. The van der Waals surface area contributed by atoms with Gasteiger partial charge in [0.2, 0.25) is 0 Å². The molecule has 2 heterocycles. The number of amides is 1. The normalized spacial score (nSPS) is 12.1. The molecule has 2 aromatic rings. The SMILES string of the molecule is CC(NC(=O)c1ncccc1Br)c1ncn[nH]1. The van der Waals surface area contributed by atoms with Crippen LogP contribution in [0.4, 0.5) is 0 Å². The minimum atomic E-state index is -0.263. The molecule has 0 aliphatic carbocycles. The van der Waals surface area contributed by atoms with Crippen LogP contribution in [-0.2, 0) is 0 Å². The van der Waals surface area contributed by atoms with Crippen molar-refractivity contribution < 1.29 is 4.79 Å². The molecule has 2 aromatic heterocycles. The van der Waals surface area contributed by atoms with Gasteiger partial charge in [-0.15, -0.1) is 0 Å². The lowest BCUT2D eigenvalue weighted by molar-refractivity contribution is 0.0932. The topological polar surface area (TPSA) is 83.6 Å². The van der Waals surface area contributed by atoms with Crippen molar-refractivity contribution in [1.29, 1.82) is 0 Å². The zero-order chi connectivity index (χ0) is 12.3. The number of hydrogen-bond donors (Lipinski definition) is 2. The van der Waals surface area contributed by atoms with Gasteiger partial charge in [-0.05, 0) is 35.0 Å².